The number of fused-ring (bicyclic) bond motifs is 1. The summed E-state index contributed by atoms with van der Waals surface area (Å²) >= 11 is 0. The molecular weight excluding hydrogens is 434 g/mol. The monoisotopic (exact) mass is 476 g/mol. The van der Waals surface area contributed by atoms with E-state index in [-0.39, 0.29) is 28.3 Å². The van der Waals surface area contributed by atoms with Gasteiger partial charge in [0.2, 0.25) is 0 Å². The van der Waals surface area contributed by atoms with Gasteiger partial charge in [-0.25, -0.2) is 0 Å². The Balaban J connectivity index is 1.69. The van der Waals surface area contributed by atoms with Crippen molar-refractivity contribution in [2.75, 3.05) is 4.90 Å². The lowest BCUT2D eigenvalue weighted by atomic mass is 9.59. The Morgan fingerprint density at radius 1 is 0.583 bits per heavy atom. The first kappa shape index (κ1) is 20.8. The molecule has 184 valence electrons. The molecule has 0 spiro atoms. The molecule has 36 heavy (non-hydrogen) atoms. The van der Waals surface area contributed by atoms with E-state index in [4.69, 9.17) is 2.74 Å². The Bertz CT molecular complexity index is 1530. The van der Waals surface area contributed by atoms with E-state index < -0.39 is 0 Å². The zero-order valence-electron chi connectivity index (χ0n) is 25.9. The van der Waals surface area contributed by atoms with E-state index in [0.29, 0.717) is 11.6 Å². The van der Waals surface area contributed by atoms with Crippen LogP contribution in [0.1, 0.15) is 67.9 Å². The van der Waals surface area contributed by atoms with Crippen molar-refractivity contribution in [3.05, 3.63) is 113 Å². The summed E-state index contributed by atoms with van der Waals surface area (Å²) in [6, 6.07) is 25.7. The van der Waals surface area contributed by atoms with Crippen LogP contribution in [0.4, 0.5) is 17.1 Å². The van der Waals surface area contributed by atoms with Crippen molar-refractivity contribution in [3.8, 4) is 11.1 Å². The molecule has 1 aliphatic rings. The average Bonchev–Trinajstić information content (AvgIpc) is 2.99. The molecule has 5 rings (SSSR count). The van der Waals surface area contributed by atoms with Crippen LogP contribution in [-0.2, 0) is 10.8 Å². The molecule has 1 nitrogen and oxygen atoms in total. The van der Waals surface area contributed by atoms with Crippen LogP contribution in [0.5, 0.6) is 0 Å². The summed E-state index contributed by atoms with van der Waals surface area (Å²) in [6.45, 7) is 17.4. The van der Waals surface area contributed by atoms with Gasteiger partial charge >= 0.3 is 0 Å². The fraction of sp³-hybridized carbons (Fsp3) is 0.314. The summed E-state index contributed by atoms with van der Waals surface area (Å²) in [6.07, 6.45) is 0. The second-order valence-electron chi connectivity index (χ2n) is 11.8. The molecule has 0 amide bonds. The number of para-hydroxylation sites is 2. The largest absolute Gasteiger partial charge is 0.310 e. The first-order valence-corrected chi connectivity index (χ1v) is 12.9. The second kappa shape index (κ2) is 8.37. The molecule has 0 heterocycles. The van der Waals surface area contributed by atoms with Crippen LogP contribution in [0, 0.1) is 19.3 Å². The Labute approximate surface area is 222 Å². The van der Waals surface area contributed by atoms with Crippen LogP contribution >= 0.6 is 0 Å². The highest BCUT2D eigenvalue weighted by atomic mass is 15.1. The molecule has 0 radical (unpaired) electrons. The predicted octanol–water partition coefficient (Wildman–Crippen LogP) is 10.0. The molecule has 1 aliphatic carbocycles. The Morgan fingerprint density at radius 3 is 1.61 bits per heavy atom. The number of hydrogen-bond acceptors (Lipinski definition) is 1. The van der Waals surface area contributed by atoms with Crippen LogP contribution in [0.3, 0.4) is 0 Å². The molecule has 4 aromatic rings. The quantitative estimate of drug-likeness (QED) is 0.283. The van der Waals surface area contributed by atoms with Crippen molar-refractivity contribution >= 4 is 17.1 Å². The minimum Gasteiger partial charge on any atom is -0.310 e. The first-order chi connectivity index (χ1) is 18.2. The summed E-state index contributed by atoms with van der Waals surface area (Å²) in [5, 5.41) is 0. The molecule has 0 fully saturated rings. The fourth-order valence-corrected chi connectivity index (χ4v) is 5.71. The molecule has 0 unspecified atom stereocenters. The lowest BCUT2D eigenvalue weighted by Crippen LogP contribution is -2.42. The Hall–Kier alpha value is -3.32. The zero-order chi connectivity index (χ0) is 28.5. The van der Waals surface area contributed by atoms with Gasteiger partial charge in [-0.1, -0.05) is 108 Å². The molecule has 0 saturated carbocycles. The maximum atomic E-state index is 9.36. The Kier molecular flexibility index (Phi) is 4.84. The van der Waals surface area contributed by atoms with E-state index in [1.54, 1.807) is 0 Å². The standard InChI is InChI=1S/C35H39N/c1-24-13-9-11-15-31(24)36(32-16-12-10-14-25(32)2)28-20-17-26(18-21-28)27-19-22-29-30(23-27)34(5,6)35(7,8)33(29,3)4/h9-23H,1-8H3/i19D,22D,23D. The highest BCUT2D eigenvalue weighted by Crippen LogP contribution is 2.61. The van der Waals surface area contributed by atoms with Gasteiger partial charge in [-0.2, -0.15) is 0 Å². The lowest BCUT2D eigenvalue weighted by Gasteiger charge is -2.44. The van der Waals surface area contributed by atoms with Gasteiger partial charge in [-0.15, -0.1) is 0 Å². The van der Waals surface area contributed by atoms with Gasteiger partial charge < -0.3 is 4.90 Å². The van der Waals surface area contributed by atoms with Crippen molar-refractivity contribution in [2.45, 2.75) is 66.2 Å². The number of rotatable bonds is 4. The van der Waals surface area contributed by atoms with Crippen LogP contribution in [0.25, 0.3) is 11.1 Å². The minimum atomic E-state index is -0.321. The van der Waals surface area contributed by atoms with Crippen LogP contribution < -0.4 is 4.90 Å². The highest BCUT2D eigenvalue weighted by molar-refractivity contribution is 5.81. The Morgan fingerprint density at radius 2 is 1.08 bits per heavy atom. The van der Waals surface area contributed by atoms with Gasteiger partial charge in [0.05, 0.1) is 4.11 Å². The molecule has 1 heteroatoms. The third-order valence-corrected chi connectivity index (χ3v) is 9.31. The second-order valence-corrected chi connectivity index (χ2v) is 11.8. The molecular formula is C35H39N. The summed E-state index contributed by atoms with van der Waals surface area (Å²) in [5.41, 5.74) is 7.90. The number of benzene rings is 4. The van der Waals surface area contributed by atoms with Crippen molar-refractivity contribution in [3.63, 3.8) is 0 Å². The summed E-state index contributed by atoms with van der Waals surface area (Å²) < 4.78 is 27.5. The van der Waals surface area contributed by atoms with E-state index in [1.807, 2.05) is 12.1 Å². The molecule has 0 atom stereocenters. The van der Waals surface area contributed by atoms with Gasteiger partial charge in [0.25, 0.3) is 0 Å². The summed E-state index contributed by atoms with van der Waals surface area (Å²) in [5.74, 6) is 0. The predicted molar refractivity (Wildman–Crippen MR) is 156 cm³/mol. The lowest BCUT2D eigenvalue weighted by molar-refractivity contribution is 0.125. The first-order valence-electron chi connectivity index (χ1n) is 14.4. The highest BCUT2D eigenvalue weighted by Gasteiger charge is 2.56. The average molecular weight is 477 g/mol. The molecule has 0 N–H and O–H groups in total. The van der Waals surface area contributed by atoms with Crippen molar-refractivity contribution in [1.82, 2.24) is 0 Å². The summed E-state index contributed by atoms with van der Waals surface area (Å²) in [4.78, 5) is 2.27. The van der Waals surface area contributed by atoms with Gasteiger partial charge in [-0.05, 0) is 87.7 Å². The number of hydrogen-bond donors (Lipinski definition) is 0. The van der Waals surface area contributed by atoms with Gasteiger partial charge in [0, 0.05) is 17.1 Å². The van der Waals surface area contributed by atoms with Crippen molar-refractivity contribution in [1.29, 1.82) is 0 Å². The number of anilines is 3. The minimum absolute atomic E-state index is 0.141. The van der Waals surface area contributed by atoms with Crippen molar-refractivity contribution in [2.24, 2.45) is 5.41 Å². The molecule has 0 aromatic heterocycles. The third kappa shape index (κ3) is 3.52. The van der Waals surface area contributed by atoms with E-state index in [2.05, 4.69) is 121 Å². The molecule has 0 saturated heterocycles. The van der Waals surface area contributed by atoms with Gasteiger partial charge in [0.15, 0.2) is 0 Å². The summed E-state index contributed by atoms with van der Waals surface area (Å²) in [7, 11) is 0. The van der Waals surface area contributed by atoms with Crippen molar-refractivity contribution < 1.29 is 4.11 Å². The fourth-order valence-electron chi connectivity index (χ4n) is 5.71. The van der Waals surface area contributed by atoms with Crippen LogP contribution in [0.2, 0.25) is 0 Å². The van der Waals surface area contributed by atoms with E-state index >= 15 is 0 Å². The molecule has 0 aliphatic heterocycles. The number of nitrogens with zero attached hydrogens (tertiary/aromatic N) is 1. The molecule has 4 aromatic carbocycles. The normalized spacial score (nSPS) is 18.2. The van der Waals surface area contributed by atoms with Gasteiger partial charge in [-0.3, -0.25) is 0 Å². The zero-order valence-corrected chi connectivity index (χ0v) is 22.9. The van der Waals surface area contributed by atoms with E-state index in [0.717, 1.165) is 33.8 Å². The van der Waals surface area contributed by atoms with Crippen LogP contribution in [0.15, 0.2) is 90.9 Å². The number of aryl methyl sites for hydroxylation is 2. The maximum Gasteiger partial charge on any atom is 0.0632 e. The van der Waals surface area contributed by atoms with Crippen LogP contribution in [-0.4, -0.2) is 0 Å². The maximum absolute atomic E-state index is 9.36. The topological polar surface area (TPSA) is 3.24 Å². The SMILES string of the molecule is [2H]c1c([2H])c2c(c([2H])c1-c1ccc(N(c3ccccc3C)c3ccccc3C)cc1)C(C)(C)C(C)(C)C2(C)C. The third-order valence-electron chi connectivity index (χ3n) is 9.31. The molecule has 0 bridgehead atoms. The van der Waals surface area contributed by atoms with E-state index in [1.165, 1.54) is 11.1 Å². The van der Waals surface area contributed by atoms with E-state index in [9.17, 15) is 1.37 Å². The smallest absolute Gasteiger partial charge is 0.0632 e. The van der Waals surface area contributed by atoms with Gasteiger partial charge in [0.1, 0.15) is 0 Å².